The zero-order valence-corrected chi connectivity index (χ0v) is 7.81. The van der Waals surface area contributed by atoms with Crippen LogP contribution in [0.3, 0.4) is 0 Å². The van der Waals surface area contributed by atoms with Gasteiger partial charge in [0, 0.05) is 7.05 Å². The van der Waals surface area contributed by atoms with Crippen LogP contribution >= 0.6 is 0 Å². The van der Waals surface area contributed by atoms with Crippen LogP contribution in [0.5, 0.6) is 0 Å². The SMILES string of the molecule is CNc1[c-]cccc1.[Na+]. The Kier molecular flexibility index (Phi) is 4.87. The number of anilines is 1. The van der Waals surface area contributed by atoms with Gasteiger partial charge in [-0.2, -0.15) is 24.3 Å². The Morgan fingerprint density at radius 2 is 2.22 bits per heavy atom. The quantitative estimate of drug-likeness (QED) is 0.360. The van der Waals surface area contributed by atoms with Crippen molar-refractivity contribution in [2.24, 2.45) is 0 Å². The summed E-state index contributed by atoms with van der Waals surface area (Å²) < 4.78 is 0. The van der Waals surface area contributed by atoms with Crippen molar-refractivity contribution in [3.63, 3.8) is 0 Å². The van der Waals surface area contributed by atoms with E-state index in [0.29, 0.717) is 0 Å². The van der Waals surface area contributed by atoms with Crippen molar-refractivity contribution in [1.82, 2.24) is 0 Å². The van der Waals surface area contributed by atoms with Crippen molar-refractivity contribution in [3.05, 3.63) is 30.3 Å². The third kappa shape index (κ3) is 2.89. The summed E-state index contributed by atoms with van der Waals surface area (Å²) in [7, 11) is 1.88. The van der Waals surface area contributed by atoms with Crippen LogP contribution in [-0.2, 0) is 0 Å². The Labute approximate surface area is 77.8 Å². The Balaban J connectivity index is 0.000000640. The van der Waals surface area contributed by atoms with Crippen LogP contribution in [0.25, 0.3) is 0 Å². The monoisotopic (exact) mass is 129 g/mol. The van der Waals surface area contributed by atoms with Crippen LogP contribution < -0.4 is 34.9 Å². The summed E-state index contributed by atoms with van der Waals surface area (Å²) in [5, 5.41) is 2.97. The van der Waals surface area contributed by atoms with Gasteiger partial charge in [-0.1, -0.05) is 5.69 Å². The molecule has 0 heterocycles. The van der Waals surface area contributed by atoms with E-state index in [1.807, 2.05) is 31.3 Å². The Morgan fingerprint density at radius 1 is 1.44 bits per heavy atom. The molecule has 2 heteroatoms. The maximum Gasteiger partial charge on any atom is 1.00 e. The third-order valence-corrected chi connectivity index (χ3v) is 0.978. The van der Waals surface area contributed by atoms with Crippen LogP contribution in [0.4, 0.5) is 5.69 Å². The number of hydrogen-bond acceptors (Lipinski definition) is 1. The summed E-state index contributed by atoms with van der Waals surface area (Å²) in [6.45, 7) is 0. The van der Waals surface area contributed by atoms with Crippen LogP contribution in [0.2, 0.25) is 0 Å². The van der Waals surface area contributed by atoms with E-state index in [9.17, 15) is 0 Å². The molecule has 0 aliphatic carbocycles. The molecule has 0 spiro atoms. The van der Waals surface area contributed by atoms with Gasteiger partial charge in [0.05, 0.1) is 0 Å². The average molecular weight is 129 g/mol. The van der Waals surface area contributed by atoms with Crippen LogP contribution in [0.1, 0.15) is 0 Å². The molecular formula is C7H8NNa. The van der Waals surface area contributed by atoms with Crippen molar-refractivity contribution in [2.45, 2.75) is 0 Å². The Bertz CT molecular complexity index is 150. The van der Waals surface area contributed by atoms with E-state index < -0.39 is 0 Å². The van der Waals surface area contributed by atoms with Gasteiger partial charge in [0.1, 0.15) is 0 Å². The van der Waals surface area contributed by atoms with Gasteiger partial charge < -0.3 is 5.32 Å². The van der Waals surface area contributed by atoms with Gasteiger partial charge in [-0.25, -0.2) is 0 Å². The van der Waals surface area contributed by atoms with Gasteiger partial charge in [0.25, 0.3) is 0 Å². The number of para-hydroxylation sites is 1. The van der Waals surface area contributed by atoms with E-state index in [4.69, 9.17) is 0 Å². The first kappa shape index (κ1) is 9.02. The molecule has 0 aliphatic heterocycles. The molecule has 0 fully saturated rings. The molecule has 9 heavy (non-hydrogen) atoms. The Morgan fingerprint density at radius 3 is 2.56 bits per heavy atom. The van der Waals surface area contributed by atoms with E-state index in [-0.39, 0.29) is 29.6 Å². The molecule has 0 aromatic heterocycles. The van der Waals surface area contributed by atoms with Crippen LogP contribution in [0.15, 0.2) is 24.3 Å². The second-order valence-corrected chi connectivity index (χ2v) is 1.53. The van der Waals surface area contributed by atoms with Gasteiger partial charge in [-0.05, 0) is 0 Å². The van der Waals surface area contributed by atoms with Gasteiger partial charge in [-0.15, -0.1) is 6.07 Å². The van der Waals surface area contributed by atoms with Crippen LogP contribution in [0, 0.1) is 6.07 Å². The van der Waals surface area contributed by atoms with E-state index in [0.717, 1.165) is 5.69 Å². The molecule has 42 valence electrons. The van der Waals surface area contributed by atoms with Gasteiger partial charge >= 0.3 is 29.6 Å². The van der Waals surface area contributed by atoms with E-state index in [1.165, 1.54) is 0 Å². The molecule has 0 unspecified atom stereocenters. The summed E-state index contributed by atoms with van der Waals surface area (Å²) in [6.07, 6.45) is 0. The van der Waals surface area contributed by atoms with E-state index in [1.54, 1.807) is 0 Å². The molecule has 1 aromatic carbocycles. The largest absolute Gasteiger partial charge is 1.00 e. The Hall–Kier alpha value is 0.0200. The van der Waals surface area contributed by atoms with Crippen molar-refractivity contribution in [1.29, 1.82) is 0 Å². The molecule has 1 N–H and O–H groups in total. The molecule has 0 saturated carbocycles. The second kappa shape index (κ2) is 4.86. The minimum Gasteiger partial charge on any atom is -0.410 e. The van der Waals surface area contributed by atoms with Crippen molar-refractivity contribution in [3.8, 4) is 0 Å². The molecule has 0 saturated heterocycles. The standard InChI is InChI=1S/C7H8N.Na/c1-8-7-5-3-2-4-6-7;/h2-5,8H,1H3;/q-1;+1. The average Bonchev–Trinajstić information content (AvgIpc) is 1.90. The summed E-state index contributed by atoms with van der Waals surface area (Å²) in [5.41, 5.74) is 1.03. The molecule has 0 atom stereocenters. The summed E-state index contributed by atoms with van der Waals surface area (Å²) >= 11 is 0. The van der Waals surface area contributed by atoms with Gasteiger partial charge in [0.2, 0.25) is 0 Å². The fourth-order valence-electron chi connectivity index (χ4n) is 0.549. The molecule has 0 amide bonds. The van der Waals surface area contributed by atoms with Crippen molar-refractivity contribution in [2.75, 3.05) is 12.4 Å². The molecule has 0 aliphatic rings. The van der Waals surface area contributed by atoms with Crippen molar-refractivity contribution >= 4 is 5.69 Å². The number of hydrogen-bond donors (Lipinski definition) is 1. The van der Waals surface area contributed by atoms with Crippen LogP contribution in [-0.4, -0.2) is 7.05 Å². The first-order valence-corrected chi connectivity index (χ1v) is 2.58. The van der Waals surface area contributed by atoms with E-state index >= 15 is 0 Å². The normalized spacial score (nSPS) is 7.67. The number of nitrogens with one attached hydrogen (secondary N) is 1. The third-order valence-electron chi connectivity index (χ3n) is 0.978. The zero-order valence-electron chi connectivity index (χ0n) is 5.81. The van der Waals surface area contributed by atoms with Gasteiger partial charge in [0.15, 0.2) is 0 Å². The molecule has 0 radical (unpaired) electrons. The smallest absolute Gasteiger partial charge is 0.410 e. The summed E-state index contributed by atoms with van der Waals surface area (Å²) in [4.78, 5) is 0. The molecule has 1 nitrogen and oxygen atoms in total. The molecule has 1 aromatic rings. The van der Waals surface area contributed by atoms with Crippen molar-refractivity contribution < 1.29 is 29.6 Å². The number of rotatable bonds is 1. The molecule has 1 rings (SSSR count). The predicted molar refractivity (Wildman–Crippen MR) is 34.8 cm³/mol. The topological polar surface area (TPSA) is 12.0 Å². The maximum absolute atomic E-state index is 3.01. The minimum atomic E-state index is 0. The fraction of sp³-hybridized carbons (Fsp3) is 0.143. The molecular weight excluding hydrogens is 121 g/mol. The fourth-order valence-corrected chi connectivity index (χ4v) is 0.549. The summed E-state index contributed by atoms with van der Waals surface area (Å²) in [6, 6.07) is 10.8. The summed E-state index contributed by atoms with van der Waals surface area (Å²) in [5.74, 6) is 0. The molecule has 0 bridgehead atoms. The second-order valence-electron chi connectivity index (χ2n) is 1.53. The zero-order chi connectivity index (χ0) is 5.82. The van der Waals surface area contributed by atoms with Gasteiger partial charge in [-0.3, -0.25) is 0 Å². The first-order chi connectivity index (χ1) is 3.93. The predicted octanol–water partition coefficient (Wildman–Crippen LogP) is -1.47. The maximum atomic E-state index is 3.01. The van der Waals surface area contributed by atoms with E-state index in [2.05, 4.69) is 11.4 Å². The minimum absolute atomic E-state index is 0. The number of benzene rings is 1. The first-order valence-electron chi connectivity index (χ1n) is 2.58.